The predicted octanol–water partition coefficient (Wildman–Crippen LogP) is 3.12. The average molecular weight is 240 g/mol. The van der Waals surface area contributed by atoms with Crippen LogP contribution in [0.2, 0.25) is 0 Å². The molecule has 2 N–H and O–H groups in total. The van der Waals surface area contributed by atoms with Gasteiger partial charge in [-0.25, -0.2) is 0 Å². The van der Waals surface area contributed by atoms with E-state index in [2.05, 4.69) is 44.0 Å². The van der Waals surface area contributed by atoms with Crippen LogP contribution in [0.25, 0.3) is 0 Å². The van der Waals surface area contributed by atoms with Gasteiger partial charge in [0.25, 0.3) is 0 Å². The number of benzene rings is 1. The zero-order valence-corrected chi connectivity index (χ0v) is 11.3. The summed E-state index contributed by atoms with van der Waals surface area (Å²) in [6.45, 7) is 6.33. The number of hydrogen-bond donors (Lipinski definition) is 1. The molecule has 2 heteroatoms. The molecule has 0 spiro atoms. The van der Waals surface area contributed by atoms with Gasteiger partial charge >= 0.3 is 0 Å². The lowest BCUT2D eigenvalue weighted by atomic mass is 9.85. The highest BCUT2D eigenvalue weighted by Crippen LogP contribution is 2.24. The van der Waals surface area contributed by atoms with Gasteiger partial charge in [-0.2, -0.15) is 0 Å². The molecule has 2 rings (SSSR count). The van der Waals surface area contributed by atoms with Crippen LogP contribution in [-0.2, 0) is 12.0 Å². The molecule has 94 valence electrons. The van der Waals surface area contributed by atoms with Gasteiger partial charge in [0.05, 0.1) is 0 Å². The highest BCUT2D eigenvalue weighted by Gasteiger charge is 2.21. The van der Waals surface area contributed by atoms with Crippen molar-refractivity contribution in [3.63, 3.8) is 0 Å². The molecule has 0 radical (unpaired) electrons. The van der Waals surface area contributed by atoms with E-state index in [1.54, 1.807) is 0 Å². The minimum absolute atomic E-state index is 0.347. The third-order valence-electron chi connectivity index (χ3n) is 3.49. The Morgan fingerprint density at radius 3 is 2.33 bits per heavy atom. The van der Waals surface area contributed by atoms with Gasteiger partial charge in [0.2, 0.25) is 0 Å². The van der Waals surface area contributed by atoms with Crippen LogP contribution in [0, 0.1) is 13.8 Å². The van der Waals surface area contributed by atoms with Crippen molar-refractivity contribution in [2.45, 2.75) is 32.7 Å². The minimum atomic E-state index is -0.347. The Morgan fingerprint density at radius 1 is 1.06 bits per heavy atom. The van der Waals surface area contributed by atoms with E-state index in [0.29, 0.717) is 0 Å². The molecule has 0 saturated heterocycles. The van der Waals surface area contributed by atoms with Gasteiger partial charge in [0, 0.05) is 17.9 Å². The van der Waals surface area contributed by atoms with Crippen molar-refractivity contribution in [3.05, 3.63) is 65.0 Å². The third-order valence-corrected chi connectivity index (χ3v) is 3.49. The molecule has 0 aliphatic heterocycles. The molecule has 2 aromatic rings. The first-order valence-corrected chi connectivity index (χ1v) is 6.24. The molecule has 1 unspecified atom stereocenters. The summed E-state index contributed by atoms with van der Waals surface area (Å²) < 4.78 is 0. The van der Waals surface area contributed by atoms with Crippen LogP contribution in [0.4, 0.5) is 0 Å². The highest BCUT2D eigenvalue weighted by molar-refractivity contribution is 5.34. The number of pyridine rings is 1. The summed E-state index contributed by atoms with van der Waals surface area (Å²) in [7, 11) is 0. The first-order chi connectivity index (χ1) is 8.49. The first kappa shape index (κ1) is 12.8. The van der Waals surface area contributed by atoms with Crippen LogP contribution in [0.15, 0.2) is 42.7 Å². The lowest BCUT2D eigenvalue weighted by Gasteiger charge is -2.26. The molecule has 2 nitrogen and oxygen atoms in total. The maximum atomic E-state index is 6.47. The van der Waals surface area contributed by atoms with Crippen LogP contribution < -0.4 is 5.73 Å². The molecule has 18 heavy (non-hydrogen) atoms. The summed E-state index contributed by atoms with van der Waals surface area (Å²) in [4.78, 5) is 4.03. The van der Waals surface area contributed by atoms with Crippen LogP contribution >= 0.6 is 0 Å². The van der Waals surface area contributed by atoms with Crippen molar-refractivity contribution in [1.29, 1.82) is 0 Å². The van der Waals surface area contributed by atoms with Gasteiger partial charge < -0.3 is 5.73 Å². The van der Waals surface area contributed by atoms with Crippen LogP contribution in [0.5, 0.6) is 0 Å². The van der Waals surface area contributed by atoms with Crippen molar-refractivity contribution in [1.82, 2.24) is 4.98 Å². The summed E-state index contributed by atoms with van der Waals surface area (Å²) >= 11 is 0. The van der Waals surface area contributed by atoms with E-state index < -0.39 is 0 Å². The van der Waals surface area contributed by atoms with Crippen LogP contribution in [0.1, 0.15) is 29.2 Å². The summed E-state index contributed by atoms with van der Waals surface area (Å²) in [6.07, 6.45) is 4.44. The lowest BCUT2D eigenvalue weighted by molar-refractivity contribution is 0.491. The predicted molar refractivity (Wildman–Crippen MR) is 75.4 cm³/mol. The fourth-order valence-electron chi connectivity index (χ4n) is 2.12. The van der Waals surface area contributed by atoms with Gasteiger partial charge in [-0.15, -0.1) is 0 Å². The molecule has 1 atom stereocenters. The number of nitrogens with two attached hydrogens (primary N) is 1. The molecule has 0 aliphatic carbocycles. The molecule has 0 fully saturated rings. The summed E-state index contributed by atoms with van der Waals surface area (Å²) in [5.41, 5.74) is 11.1. The Balaban J connectivity index is 2.27. The van der Waals surface area contributed by atoms with E-state index >= 15 is 0 Å². The van der Waals surface area contributed by atoms with Crippen molar-refractivity contribution in [3.8, 4) is 0 Å². The standard InChI is InChI=1S/C16H20N2/c1-12-4-5-15(10-13(12)2)16(3,17)11-14-6-8-18-9-7-14/h4-10H,11,17H2,1-3H3. The smallest absolute Gasteiger partial charge is 0.0421 e. The fraction of sp³-hybridized carbons (Fsp3) is 0.312. The third kappa shape index (κ3) is 2.77. The van der Waals surface area contributed by atoms with E-state index in [0.717, 1.165) is 6.42 Å². The molecule has 1 heterocycles. The zero-order chi connectivity index (χ0) is 13.2. The van der Waals surface area contributed by atoms with Crippen LogP contribution in [-0.4, -0.2) is 4.98 Å². The Kier molecular flexibility index (Phi) is 3.48. The van der Waals surface area contributed by atoms with Gasteiger partial charge in [-0.05, 0) is 61.6 Å². The van der Waals surface area contributed by atoms with E-state index in [1.807, 2.05) is 24.5 Å². The molecule has 1 aromatic heterocycles. The highest BCUT2D eigenvalue weighted by atomic mass is 14.7. The monoisotopic (exact) mass is 240 g/mol. The number of aryl methyl sites for hydroxylation is 2. The maximum Gasteiger partial charge on any atom is 0.0421 e. The minimum Gasteiger partial charge on any atom is -0.321 e. The fourth-order valence-corrected chi connectivity index (χ4v) is 2.12. The van der Waals surface area contributed by atoms with Crippen LogP contribution in [0.3, 0.4) is 0 Å². The van der Waals surface area contributed by atoms with E-state index in [-0.39, 0.29) is 5.54 Å². The quantitative estimate of drug-likeness (QED) is 0.895. The Hall–Kier alpha value is -1.67. The van der Waals surface area contributed by atoms with Gasteiger partial charge in [0.1, 0.15) is 0 Å². The molecule has 0 saturated carbocycles. The number of rotatable bonds is 3. The second-order valence-corrected chi connectivity index (χ2v) is 5.25. The number of hydrogen-bond acceptors (Lipinski definition) is 2. The normalized spacial score (nSPS) is 14.2. The van der Waals surface area contributed by atoms with Crippen molar-refractivity contribution >= 4 is 0 Å². The van der Waals surface area contributed by atoms with Crippen molar-refractivity contribution in [2.24, 2.45) is 5.73 Å². The van der Waals surface area contributed by atoms with E-state index in [4.69, 9.17) is 5.73 Å². The SMILES string of the molecule is Cc1ccc(C(C)(N)Cc2ccncc2)cc1C. The summed E-state index contributed by atoms with van der Waals surface area (Å²) in [5, 5.41) is 0. The van der Waals surface area contributed by atoms with Crippen molar-refractivity contribution < 1.29 is 0 Å². The van der Waals surface area contributed by atoms with Gasteiger partial charge in [-0.3, -0.25) is 4.98 Å². The van der Waals surface area contributed by atoms with E-state index in [1.165, 1.54) is 22.3 Å². The molecular weight excluding hydrogens is 220 g/mol. The molecule has 1 aromatic carbocycles. The number of nitrogens with zero attached hydrogens (tertiary/aromatic N) is 1. The largest absolute Gasteiger partial charge is 0.321 e. The molecule has 0 bridgehead atoms. The second-order valence-electron chi connectivity index (χ2n) is 5.25. The van der Waals surface area contributed by atoms with Gasteiger partial charge in [-0.1, -0.05) is 18.2 Å². The summed E-state index contributed by atoms with van der Waals surface area (Å²) in [6, 6.07) is 10.5. The Labute approximate surface area is 109 Å². The summed E-state index contributed by atoms with van der Waals surface area (Å²) in [5.74, 6) is 0. The molecule has 0 amide bonds. The topological polar surface area (TPSA) is 38.9 Å². The Morgan fingerprint density at radius 2 is 1.72 bits per heavy atom. The number of aromatic nitrogens is 1. The van der Waals surface area contributed by atoms with E-state index in [9.17, 15) is 0 Å². The average Bonchev–Trinajstić information content (AvgIpc) is 2.33. The molecular formula is C16H20N2. The lowest BCUT2D eigenvalue weighted by Crippen LogP contribution is -2.35. The van der Waals surface area contributed by atoms with Gasteiger partial charge in [0.15, 0.2) is 0 Å². The maximum absolute atomic E-state index is 6.47. The molecule has 0 aliphatic rings. The second kappa shape index (κ2) is 4.91. The van der Waals surface area contributed by atoms with Crippen molar-refractivity contribution in [2.75, 3.05) is 0 Å². The Bertz CT molecular complexity index is 530. The first-order valence-electron chi connectivity index (χ1n) is 6.24. The zero-order valence-electron chi connectivity index (χ0n) is 11.3.